The summed E-state index contributed by atoms with van der Waals surface area (Å²) < 4.78 is 5.25. The summed E-state index contributed by atoms with van der Waals surface area (Å²) in [4.78, 5) is 175. The molecule has 32 nitrogen and oxygen atoms in total. The zero-order valence-corrected chi connectivity index (χ0v) is 52.4. The zero-order valence-electron chi connectivity index (χ0n) is 52.4. The summed E-state index contributed by atoms with van der Waals surface area (Å²) in [6.45, 7) is 14.9. The Morgan fingerprint density at radius 3 is 1.80 bits per heavy atom. The summed E-state index contributed by atoms with van der Waals surface area (Å²) in [6.07, 6.45) is -7.30. The van der Waals surface area contributed by atoms with Crippen LogP contribution in [0.1, 0.15) is 114 Å². The summed E-state index contributed by atoms with van der Waals surface area (Å²) in [5.74, 6) is -18.5. The van der Waals surface area contributed by atoms with Crippen LogP contribution in [-0.2, 0) is 68.7 Å². The molecule has 1 heterocycles. The Morgan fingerprint density at radius 1 is 0.697 bits per heavy atom. The lowest BCUT2D eigenvalue weighted by atomic mass is 9.95. The Hall–Kier alpha value is -8.07. The fourth-order valence-corrected chi connectivity index (χ4v) is 9.19. The Labute approximate surface area is 517 Å². The summed E-state index contributed by atoms with van der Waals surface area (Å²) in [5, 5.41) is 63.6. The van der Waals surface area contributed by atoms with E-state index >= 15 is 14.4 Å². The highest BCUT2D eigenvalue weighted by molar-refractivity contribution is 6.06. The summed E-state index contributed by atoms with van der Waals surface area (Å²) in [6, 6.07) is -12.9. The largest absolute Gasteiger partial charge is 0.508 e. The van der Waals surface area contributed by atoms with Gasteiger partial charge in [0.15, 0.2) is 18.1 Å². The number of phenolic OH excluding ortho intramolecular Hbond substituents is 1. The number of aliphatic imine (C=N–C) groups is 1. The molecule has 0 aromatic heterocycles. The van der Waals surface area contributed by atoms with Crippen LogP contribution in [0.5, 0.6) is 5.75 Å². The number of phenols is 1. The number of amides is 11. The van der Waals surface area contributed by atoms with E-state index in [0.717, 1.165) is 6.92 Å². The summed E-state index contributed by atoms with van der Waals surface area (Å²) >= 11 is 0. The molecule has 1 fully saturated rings. The number of para-hydroxylation sites is 1. The van der Waals surface area contributed by atoms with Gasteiger partial charge in [0.1, 0.15) is 60.7 Å². The van der Waals surface area contributed by atoms with Crippen LogP contribution in [0.15, 0.2) is 29.3 Å². The van der Waals surface area contributed by atoms with Crippen molar-refractivity contribution in [3.63, 3.8) is 0 Å². The van der Waals surface area contributed by atoms with Gasteiger partial charge in [0.25, 0.3) is 5.91 Å². The molecule has 0 saturated carbocycles. The number of guanidine groups is 1. The number of nitrogens with two attached hydrogens (primary N) is 5. The van der Waals surface area contributed by atoms with Crippen LogP contribution >= 0.6 is 0 Å². The SMILES string of the molecule is CC(C)C[C@@H](N)C(=O)N[C@@H](CC(C)C)C(=O)N1C(=O)[C@@H](N)COC(=O)[C@H]([C@H](O)C(N)=O)NC(=O)CNC(=O)C([C@H](C)O)NC(=O)[C@H](C(C)C)NC(=O)C(CCCN=C(N)N)NC(=O)[C@H](CC(C)C)NC(=O)C([C@H](O)C(C)C)NC(=O)[C@@H]1Cc1ccccc1O. The van der Waals surface area contributed by atoms with Crippen molar-refractivity contribution in [3.8, 4) is 5.75 Å². The van der Waals surface area contributed by atoms with E-state index in [2.05, 4.69) is 42.2 Å². The lowest BCUT2D eigenvalue weighted by Gasteiger charge is -2.36. The third kappa shape index (κ3) is 24.8. The van der Waals surface area contributed by atoms with Crippen LogP contribution in [0.2, 0.25) is 0 Å². The quantitative estimate of drug-likeness (QED) is 0.0236. The van der Waals surface area contributed by atoms with Gasteiger partial charge in [0, 0.05) is 13.0 Å². The van der Waals surface area contributed by atoms with Gasteiger partial charge < -0.3 is 96.4 Å². The second-order valence-electron chi connectivity index (χ2n) is 24.0. The van der Waals surface area contributed by atoms with Crippen molar-refractivity contribution in [2.45, 2.75) is 193 Å². The first-order valence-electron chi connectivity index (χ1n) is 29.5. The third-order valence-electron chi connectivity index (χ3n) is 14.0. The van der Waals surface area contributed by atoms with Gasteiger partial charge in [-0.25, -0.2) is 4.79 Å². The molecule has 89 heavy (non-hydrogen) atoms. The van der Waals surface area contributed by atoms with Gasteiger partial charge in [0.2, 0.25) is 59.1 Å². The third-order valence-corrected chi connectivity index (χ3v) is 14.0. The standard InChI is InChI=1S/C57H95N15O17/c1-25(2)19-32(58)47(79)67-36(21-27(5)6)55(87)72-37(22-31-15-12-13-17-38(31)74)50(82)71-42(44(76)29(9)10)53(85)66-35(20-26(3)4)49(81)65-34(16-14-18-63-57(61)62)48(80)69-40(28(7)8)52(84)70-41(30(11)73)51(83)64-23-39(75)68-43(45(77)46(60)78)56(88)89-24-33(59)54(72)86/h12-13,15,17,25-30,32-37,40-45,73-74,76-77H,14,16,18-24,58-59H2,1-11H3,(H2,60,78)(H,64,83)(H,65,81)(H,66,85)(H,67,79)(H,68,75)(H,69,80)(H,70,84)(H,71,82)(H4,61,62,63)/t30-,32+,33-,34?,35-,36-,37-,40-,41?,42?,43-,44+,45-/m0/s1. The normalized spacial score (nSPS) is 23.9. The molecule has 0 aliphatic carbocycles. The van der Waals surface area contributed by atoms with Crippen molar-refractivity contribution in [2.24, 2.45) is 63.3 Å². The number of aromatic hydroxyl groups is 1. The highest BCUT2D eigenvalue weighted by Gasteiger charge is 2.45. The molecular formula is C57H95N15O17. The van der Waals surface area contributed by atoms with Gasteiger partial charge in [-0.1, -0.05) is 87.4 Å². The highest BCUT2D eigenvalue weighted by atomic mass is 16.5. The molecule has 0 bridgehead atoms. The van der Waals surface area contributed by atoms with E-state index < -0.39 is 199 Å². The van der Waals surface area contributed by atoms with Gasteiger partial charge >= 0.3 is 5.97 Å². The van der Waals surface area contributed by atoms with Gasteiger partial charge in [0.05, 0.1) is 24.8 Å². The van der Waals surface area contributed by atoms with E-state index in [1.807, 2.05) is 5.32 Å². The number of nitrogens with one attached hydrogen (secondary N) is 8. The topological polar surface area (TPSA) is 537 Å². The summed E-state index contributed by atoms with van der Waals surface area (Å²) in [7, 11) is 0. The number of ether oxygens (including phenoxy) is 1. The molecule has 0 spiro atoms. The van der Waals surface area contributed by atoms with Crippen LogP contribution in [0.25, 0.3) is 0 Å². The van der Waals surface area contributed by atoms with E-state index in [4.69, 9.17) is 33.4 Å². The molecule has 11 amide bonds. The van der Waals surface area contributed by atoms with Crippen LogP contribution in [0, 0.1) is 29.6 Å². The highest BCUT2D eigenvalue weighted by Crippen LogP contribution is 2.23. The fourth-order valence-electron chi connectivity index (χ4n) is 9.19. The summed E-state index contributed by atoms with van der Waals surface area (Å²) in [5.41, 5.74) is 29.0. The van der Waals surface area contributed by atoms with E-state index in [-0.39, 0.29) is 56.1 Å². The number of carbonyl (C=O) groups excluding carboxylic acids is 12. The van der Waals surface area contributed by atoms with Gasteiger partial charge in [-0.2, -0.15) is 0 Å². The number of esters is 1. The maximum absolute atomic E-state index is 15.4. The first-order valence-corrected chi connectivity index (χ1v) is 29.5. The molecule has 1 aliphatic heterocycles. The van der Waals surface area contributed by atoms with Crippen LogP contribution in [0.3, 0.4) is 0 Å². The molecule has 0 radical (unpaired) electrons. The minimum Gasteiger partial charge on any atom is -0.508 e. The number of carbonyl (C=O) groups is 12. The van der Waals surface area contributed by atoms with Crippen molar-refractivity contribution in [1.29, 1.82) is 0 Å². The predicted molar refractivity (Wildman–Crippen MR) is 322 cm³/mol. The molecule has 3 unspecified atom stereocenters. The zero-order chi connectivity index (χ0) is 67.9. The van der Waals surface area contributed by atoms with Gasteiger partial charge in [-0.05, 0) is 80.2 Å². The number of aliphatic hydroxyl groups excluding tert-OH is 3. The Balaban J connectivity index is 3.16. The van der Waals surface area contributed by atoms with E-state index in [9.17, 15) is 63.6 Å². The number of aliphatic hydroxyl groups is 3. The lowest BCUT2D eigenvalue weighted by Crippen LogP contribution is -2.66. The molecule has 2 rings (SSSR count). The molecule has 1 aromatic rings. The number of hydrogen-bond donors (Lipinski definition) is 17. The van der Waals surface area contributed by atoms with Crippen molar-refractivity contribution in [3.05, 3.63) is 29.8 Å². The van der Waals surface area contributed by atoms with Crippen LogP contribution < -0.4 is 71.2 Å². The number of benzene rings is 1. The number of hydrogen-bond acceptors (Lipinski definition) is 20. The number of cyclic esters (lactones) is 1. The number of rotatable bonds is 21. The smallest absolute Gasteiger partial charge is 0.332 e. The van der Waals surface area contributed by atoms with E-state index in [1.165, 1.54) is 52.0 Å². The Bertz CT molecular complexity index is 2670. The Morgan fingerprint density at radius 2 is 1.26 bits per heavy atom. The maximum atomic E-state index is 15.4. The second-order valence-corrected chi connectivity index (χ2v) is 24.0. The van der Waals surface area contributed by atoms with Crippen LogP contribution in [0.4, 0.5) is 0 Å². The van der Waals surface area contributed by atoms with Crippen molar-refractivity contribution in [2.75, 3.05) is 19.7 Å². The number of imide groups is 1. The van der Waals surface area contributed by atoms with E-state index in [1.54, 1.807) is 41.5 Å². The van der Waals surface area contributed by atoms with E-state index in [0.29, 0.717) is 4.90 Å². The van der Waals surface area contributed by atoms with Crippen molar-refractivity contribution >= 4 is 76.9 Å². The van der Waals surface area contributed by atoms with Gasteiger partial charge in [-0.15, -0.1) is 0 Å². The minimum atomic E-state index is -2.58. The first kappa shape index (κ1) is 77.0. The molecular weight excluding hydrogens is 1170 g/mol. The Kier molecular flexibility index (Phi) is 31.5. The molecule has 22 N–H and O–H groups in total. The number of nitrogens with zero attached hydrogens (tertiary/aromatic N) is 2. The fraction of sp³-hybridized carbons (Fsp3) is 0.667. The average molecular weight is 1260 g/mol. The van der Waals surface area contributed by atoms with Gasteiger partial charge in [-0.3, -0.25) is 62.6 Å². The molecule has 1 aliphatic rings. The van der Waals surface area contributed by atoms with Crippen molar-refractivity contribution < 1.29 is 82.7 Å². The lowest BCUT2D eigenvalue weighted by molar-refractivity contribution is -0.159. The maximum Gasteiger partial charge on any atom is 0.332 e. The molecule has 1 aromatic carbocycles. The minimum absolute atomic E-state index is 0.0388. The van der Waals surface area contributed by atoms with Crippen LogP contribution in [-0.4, -0.2) is 201 Å². The molecule has 32 heteroatoms. The monoisotopic (exact) mass is 1260 g/mol. The average Bonchev–Trinajstić information content (AvgIpc) is 0.980. The number of primary amides is 1. The van der Waals surface area contributed by atoms with Crippen molar-refractivity contribution in [1.82, 2.24) is 47.4 Å². The molecule has 13 atom stereocenters. The second kappa shape index (κ2) is 36.4. The predicted octanol–water partition coefficient (Wildman–Crippen LogP) is -5.53. The molecule has 1 saturated heterocycles. The molecule has 500 valence electrons. The first-order chi connectivity index (χ1) is 41.4.